The lowest BCUT2D eigenvalue weighted by atomic mass is 9.98. The van der Waals surface area contributed by atoms with E-state index in [0.29, 0.717) is 29.6 Å². The summed E-state index contributed by atoms with van der Waals surface area (Å²) >= 11 is 0. The van der Waals surface area contributed by atoms with Crippen molar-refractivity contribution in [1.29, 1.82) is 0 Å². The number of aliphatic hydroxyl groups is 1. The number of rotatable bonds is 7. The molecule has 0 bridgehead atoms. The Morgan fingerprint density at radius 1 is 0.794 bits per heavy atom. The van der Waals surface area contributed by atoms with Crippen LogP contribution in [0.25, 0.3) is 10.9 Å². The average molecular weight is 470 g/mol. The van der Waals surface area contributed by atoms with E-state index in [1.165, 1.54) is 3.97 Å². The molecule has 0 saturated carbocycles. The van der Waals surface area contributed by atoms with E-state index >= 15 is 0 Å². The Bertz CT molecular complexity index is 1520. The number of hydrogen-bond acceptors (Lipinski definition) is 5. The topological polar surface area (TPSA) is 85.1 Å². The summed E-state index contributed by atoms with van der Waals surface area (Å²) in [6.07, 6.45) is 4.89. The van der Waals surface area contributed by atoms with E-state index in [1.54, 1.807) is 67.1 Å². The Morgan fingerprint density at radius 3 is 2.24 bits per heavy atom. The number of para-hydroxylation sites is 1. The van der Waals surface area contributed by atoms with Crippen LogP contribution < -0.4 is 0 Å². The number of aliphatic hydroxyl groups excluding tert-OH is 1. The smallest absolute Gasteiger partial charge is 0.268 e. The quantitative estimate of drug-likeness (QED) is 0.378. The maximum Gasteiger partial charge on any atom is 0.268 e. The molecule has 0 aliphatic heterocycles. The summed E-state index contributed by atoms with van der Waals surface area (Å²) in [7, 11) is -3.99. The largest absolute Gasteiger partial charge is 0.382 e. The number of aromatic nitrogens is 3. The first-order valence-corrected chi connectivity index (χ1v) is 12.4. The summed E-state index contributed by atoms with van der Waals surface area (Å²) in [5, 5.41) is 12.3. The van der Waals surface area contributed by atoms with Crippen molar-refractivity contribution in [2.24, 2.45) is 0 Å². The van der Waals surface area contributed by atoms with Crippen LogP contribution in [0.2, 0.25) is 0 Å². The molecule has 1 unspecified atom stereocenters. The molecule has 7 heteroatoms. The Labute approximate surface area is 198 Å². The minimum absolute atomic E-state index is 0.162. The minimum atomic E-state index is -3.99. The van der Waals surface area contributed by atoms with Gasteiger partial charge >= 0.3 is 0 Å². The number of pyridine rings is 2. The second-order valence-corrected chi connectivity index (χ2v) is 9.75. The molecule has 0 aliphatic rings. The first-order valence-electron chi connectivity index (χ1n) is 11.0. The van der Waals surface area contributed by atoms with Gasteiger partial charge in [-0.25, -0.2) is 12.4 Å². The lowest BCUT2D eigenvalue weighted by molar-refractivity contribution is 0.213. The van der Waals surface area contributed by atoms with Crippen molar-refractivity contribution in [3.63, 3.8) is 0 Å². The maximum absolute atomic E-state index is 13.9. The predicted molar refractivity (Wildman–Crippen MR) is 131 cm³/mol. The molecular weight excluding hydrogens is 446 g/mol. The zero-order valence-electron chi connectivity index (χ0n) is 18.3. The number of hydrogen-bond donors (Lipinski definition) is 1. The van der Waals surface area contributed by atoms with Crippen molar-refractivity contribution in [3.05, 3.63) is 126 Å². The van der Waals surface area contributed by atoms with E-state index in [1.807, 2.05) is 36.4 Å². The summed E-state index contributed by atoms with van der Waals surface area (Å²) in [6, 6.07) is 24.8. The highest BCUT2D eigenvalue weighted by Gasteiger charge is 2.31. The second kappa shape index (κ2) is 9.21. The molecule has 2 aromatic carbocycles. The van der Waals surface area contributed by atoms with Crippen LogP contribution in [0.4, 0.5) is 0 Å². The number of fused-ring (bicyclic) bond motifs is 1. The molecule has 34 heavy (non-hydrogen) atoms. The molecule has 0 amide bonds. The number of nitrogens with zero attached hydrogens (tertiary/aromatic N) is 3. The van der Waals surface area contributed by atoms with E-state index in [9.17, 15) is 13.5 Å². The Morgan fingerprint density at radius 2 is 1.50 bits per heavy atom. The van der Waals surface area contributed by atoms with Gasteiger partial charge in [0.05, 0.1) is 16.1 Å². The van der Waals surface area contributed by atoms with E-state index in [-0.39, 0.29) is 4.90 Å². The van der Waals surface area contributed by atoms with Gasteiger partial charge in [-0.1, -0.05) is 42.5 Å². The highest BCUT2D eigenvalue weighted by molar-refractivity contribution is 7.90. The molecule has 0 aliphatic carbocycles. The van der Waals surface area contributed by atoms with Gasteiger partial charge in [-0.3, -0.25) is 9.97 Å². The van der Waals surface area contributed by atoms with Crippen LogP contribution in [0.5, 0.6) is 0 Å². The third kappa shape index (κ3) is 4.00. The van der Waals surface area contributed by atoms with Gasteiger partial charge in [0.25, 0.3) is 10.0 Å². The zero-order chi connectivity index (χ0) is 23.5. The third-order valence-corrected chi connectivity index (χ3v) is 7.64. The summed E-state index contributed by atoms with van der Waals surface area (Å²) in [5.74, 6) is 0. The summed E-state index contributed by atoms with van der Waals surface area (Å²) in [6.45, 7) is 0. The van der Waals surface area contributed by atoms with Gasteiger partial charge < -0.3 is 5.11 Å². The van der Waals surface area contributed by atoms with E-state index in [2.05, 4.69) is 9.97 Å². The van der Waals surface area contributed by atoms with Crippen LogP contribution in [0.3, 0.4) is 0 Å². The standard InChI is InChI=1S/C27H23N3O3S/c31-27(20-15-18-28-19-16-20)26-24(14-13-21-8-6-7-17-29-21)23-11-4-5-12-25(23)30(26)34(32,33)22-9-2-1-3-10-22/h1-12,15-19,27,31H,13-14H2. The maximum atomic E-state index is 13.9. The van der Waals surface area contributed by atoms with Gasteiger partial charge in [0.2, 0.25) is 0 Å². The minimum Gasteiger partial charge on any atom is -0.382 e. The molecule has 0 saturated heterocycles. The molecular formula is C27H23N3O3S. The average Bonchev–Trinajstić information content (AvgIpc) is 3.23. The molecule has 3 heterocycles. The van der Waals surface area contributed by atoms with Crippen LogP contribution in [0.15, 0.2) is 108 Å². The molecule has 6 nitrogen and oxygen atoms in total. The van der Waals surface area contributed by atoms with Gasteiger partial charge in [-0.15, -0.1) is 0 Å². The molecule has 1 atom stereocenters. The van der Waals surface area contributed by atoms with Crippen LogP contribution >= 0.6 is 0 Å². The van der Waals surface area contributed by atoms with Gasteiger partial charge in [0.15, 0.2) is 0 Å². The summed E-state index contributed by atoms with van der Waals surface area (Å²) in [5.41, 5.74) is 3.12. The number of aryl methyl sites for hydroxylation is 2. The molecule has 5 rings (SSSR count). The Hall–Kier alpha value is -3.81. The molecule has 0 radical (unpaired) electrons. The van der Waals surface area contributed by atoms with Crippen molar-refractivity contribution >= 4 is 20.9 Å². The molecule has 3 aromatic heterocycles. The first-order chi connectivity index (χ1) is 16.6. The van der Waals surface area contributed by atoms with Gasteiger partial charge in [-0.05, 0) is 66.4 Å². The molecule has 0 fully saturated rings. The highest BCUT2D eigenvalue weighted by atomic mass is 32.2. The van der Waals surface area contributed by atoms with Gasteiger partial charge in [-0.2, -0.15) is 0 Å². The molecule has 5 aromatic rings. The lowest BCUT2D eigenvalue weighted by Crippen LogP contribution is -2.19. The fraction of sp³-hybridized carbons (Fsp3) is 0.111. The van der Waals surface area contributed by atoms with E-state index in [0.717, 1.165) is 16.6 Å². The van der Waals surface area contributed by atoms with Gasteiger partial charge in [0.1, 0.15) is 6.10 Å². The predicted octanol–water partition coefficient (Wildman–Crippen LogP) is 4.54. The van der Waals surface area contributed by atoms with Crippen LogP contribution in [-0.2, 0) is 22.9 Å². The van der Waals surface area contributed by atoms with Crippen molar-refractivity contribution < 1.29 is 13.5 Å². The van der Waals surface area contributed by atoms with Crippen molar-refractivity contribution in [2.45, 2.75) is 23.8 Å². The van der Waals surface area contributed by atoms with Crippen LogP contribution in [-0.4, -0.2) is 27.5 Å². The molecule has 170 valence electrons. The SMILES string of the molecule is O=S(=O)(c1ccccc1)n1c(C(O)c2ccncc2)c(CCc2ccccn2)c2ccccc21. The van der Waals surface area contributed by atoms with Crippen LogP contribution in [0, 0.1) is 0 Å². The summed E-state index contributed by atoms with van der Waals surface area (Å²) < 4.78 is 29.1. The molecule has 1 N–H and O–H groups in total. The third-order valence-electron chi connectivity index (χ3n) is 5.90. The second-order valence-electron chi connectivity index (χ2n) is 7.97. The van der Waals surface area contributed by atoms with E-state index in [4.69, 9.17) is 0 Å². The molecule has 0 spiro atoms. The van der Waals surface area contributed by atoms with Gasteiger partial charge in [0, 0.05) is 29.7 Å². The fourth-order valence-corrected chi connectivity index (χ4v) is 5.89. The fourth-order valence-electron chi connectivity index (χ4n) is 4.29. The van der Waals surface area contributed by atoms with Crippen molar-refractivity contribution in [2.75, 3.05) is 0 Å². The normalized spacial score (nSPS) is 12.6. The first kappa shape index (κ1) is 22.0. The van der Waals surface area contributed by atoms with Crippen molar-refractivity contribution in [3.8, 4) is 0 Å². The zero-order valence-corrected chi connectivity index (χ0v) is 19.1. The lowest BCUT2D eigenvalue weighted by Gasteiger charge is -2.18. The Balaban J connectivity index is 1.76. The summed E-state index contributed by atoms with van der Waals surface area (Å²) in [4.78, 5) is 8.61. The monoisotopic (exact) mass is 469 g/mol. The highest BCUT2D eigenvalue weighted by Crippen LogP contribution is 2.37. The van der Waals surface area contributed by atoms with Crippen molar-refractivity contribution in [1.82, 2.24) is 13.9 Å². The Kier molecular flexibility index (Phi) is 5.96. The number of benzene rings is 2. The van der Waals surface area contributed by atoms with Crippen LogP contribution in [0.1, 0.15) is 28.6 Å². The van der Waals surface area contributed by atoms with E-state index < -0.39 is 16.1 Å².